The summed E-state index contributed by atoms with van der Waals surface area (Å²) < 4.78 is 52.2. The summed E-state index contributed by atoms with van der Waals surface area (Å²) in [7, 11) is 0. The molecule has 0 aromatic rings. The standard InChI is InChI=1S/C18H37NO5.2C17H35NO5.C15H29NO6.2C12H25NO3/c1-17(2,3)18(4,5)7-6-16(21)19-8-10-22-12-14-24-15-13-23-11-9-20;1-16(2,3)17(4,5)14-15(20)18-6-8-21-10-12-23-13-11-22-9-7-19;1-15(17(2,3)4)5-6-16(20)18-7-9-21-11-13-23-14-12-22-10-8-19;1-8(15(2,3)4)5-6-10(18)16-11-13(20)12(19)9(7-17)22-14(11)21;1-11(2,3)12(4,5)6-10(16)13-7-9(15)8-14;1-9(12(2,3)4)5-6-11(16)13-7-10(15)8-14/h20H,6-15H2,1-5H3,(H,19,21);19H,6-14H2,1-5H3,(H,18,20);15,19H,5-14H2,1-4H3,(H,18,20);8-9,11-14,17,19-21H,5-7H2,1-4H3,(H,16,18);9,14-15H,6-8H2,1-5H3,(H,13,16);9-10,14-15H,5-8H2,1-4H3,(H,13,16). The van der Waals surface area contributed by atoms with Crippen LogP contribution in [-0.2, 0) is 76.1 Å². The van der Waals surface area contributed by atoms with Gasteiger partial charge in [0.05, 0.1) is 171 Å². The fourth-order valence-electron chi connectivity index (χ4n) is 9.58. The maximum atomic E-state index is 12.0. The molecule has 33 heteroatoms. The van der Waals surface area contributed by atoms with E-state index in [1.54, 1.807) is 0 Å². The Hall–Kier alpha value is -4.02. The van der Waals surface area contributed by atoms with E-state index in [-0.39, 0.29) is 137 Å². The zero-order valence-corrected chi connectivity index (χ0v) is 82.3. The van der Waals surface area contributed by atoms with Gasteiger partial charge in [-0.05, 0) is 92.2 Å². The van der Waals surface area contributed by atoms with Crippen molar-refractivity contribution in [2.45, 2.75) is 294 Å². The van der Waals surface area contributed by atoms with Crippen LogP contribution in [0.1, 0.15) is 251 Å². The molecule has 6 amide bonds. The minimum Gasteiger partial charge on any atom is -0.394 e. The van der Waals surface area contributed by atoms with Gasteiger partial charge in [-0.3, -0.25) is 28.8 Å². The van der Waals surface area contributed by atoms with Crippen LogP contribution in [0.15, 0.2) is 0 Å². The minimum atomic E-state index is -1.47. The lowest BCUT2D eigenvalue weighted by Crippen LogP contribution is -2.64. The van der Waals surface area contributed by atoms with Crippen molar-refractivity contribution in [1.29, 1.82) is 0 Å². The van der Waals surface area contributed by atoms with E-state index in [2.05, 4.69) is 219 Å². The van der Waals surface area contributed by atoms with E-state index in [0.29, 0.717) is 195 Å². The van der Waals surface area contributed by atoms with Crippen LogP contribution in [0.5, 0.6) is 0 Å². The zero-order chi connectivity index (χ0) is 96.6. The van der Waals surface area contributed by atoms with E-state index in [1.807, 2.05) is 0 Å². The van der Waals surface area contributed by atoms with Gasteiger partial charge in [0.2, 0.25) is 35.4 Å². The molecule has 0 aromatic heterocycles. The van der Waals surface area contributed by atoms with Gasteiger partial charge in [-0.1, -0.05) is 187 Å². The Morgan fingerprint density at radius 1 is 0.331 bits per heavy atom. The molecule has 1 aliphatic heterocycles. The monoisotopic (exact) mass is 1800 g/mol. The lowest BCUT2D eigenvalue weighted by Gasteiger charge is -2.40. The molecule has 1 saturated heterocycles. The molecule has 1 rings (SSSR count). The Labute approximate surface area is 748 Å². The van der Waals surface area contributed by atoms with Crippen molar-refractivity contribution in [3.63, 3.8) is 0 Å². The molecule has 1 aliphatic rings. The summed E-state index contributed by atoms with van der Waals surface area (Å²) in [6.07, 6.45) is -0.996. The van der Waals surface area contributed by atoms with Crippen LogP contribution in [0.4, 0.5) is 0 Å². The second kappa shape index (κ2) is 70.8. The highest BCUT2D eigenvalue weighted by atomic mass is 16.6. The van der Waals surface area contributed by atoms with Crippen LogP contribution in [0.2, 0.25) is 0 Å². The Balaban J connectivity index is -0.000000460. The van der Waals surface area contributed by atoms with Crippen molar-refractivity contribution >= 4 is 35.4 Å². The summed E-state index contributed by atoms with van der Waals surface area (Å²) in [4.78, 5) is 70.5. The molecule has 1 fully saturated rings. The van der Waals surface area contributed by atoms with Gasteiger partial charge in [0.25, 0.3) is 0 Å². The van der Waals surface area contributed by atoms with Crippen LogP contribution in [0.3, 0.4) is 0 Å². The summed E-state index contributed by atoms with van der Waals surface area (Å²) in [6, 6.07) is -1.12. The van der Waals surface area contributed by atoms with E-state index in [9.17, 15) is 44.1 Å². The fraction of sp³-hybridized carbons (Fsp3) is 0.934. The normalized spacial score (nSPS) is 17.1. The smallest absolute Gasteiger partial charge is 0.220 e. The average Bonchev–Trinajstić information content (AvgIpc) is 0.827. The summed E-state index contributed by atoms with van der Waals surface area (Å²) in [6.45, 7) is 66.9. The molecular weight excluding hydrogens is 1610 g/mol. The number of amides is 6. The molecule has 10 unspecified atom stereocenters. The summed E-state index contributed by atoms with van der Waals surface area (Å²) in [5, 5.41) is 116. The topological polar surface area (TPSA) is 489 Å². The van der Waals surface area contributed by atoms with Crippen LogP contribution in [-0.4, -0.2) is 326 Å². The van der Waals surface area contributed by atoms with Gasteiger partial charge in [-0.15, -0.1) is 0 Å². The number of aliphatic hydroxyl groups excluding tert-OH is 11. The fourth-order valence-corrected chi connectivity index (χ4v) is 9.58. The third-order valence-electron chi connectivity index (χ3n) is 23.5. The highest BCUT2D eigenvalue weighted by molar-refractivity contribution is 5.78. The quantitative estimate of drug-likeness (QED) is 0.0292. The second-order valence-corrected chi connectivity index (χ2v) is 40.0. The SMILES string of the molecule is CC(C)(C)C(C)(C)CC(=O)NCC(O)CO.CC(C)(C)C(C)(C)CC(=O)NCCOCCOCCOCCO.CC(C)(C)C(C)(C)CCC(=O)NCCOCCOCCOCCO.CC(CCC(=O)NC1C(O)OC(CO)C(O)C1O)C(C)(C)C.CC(CCC(=O)NCC(O)CO)C(C)(C)C.CC(CCC(=O)NCCOCCOCCOCCO)C(C)(C)C. The number of hydrogen-bond donors (Lipinski definition) is 17. The molecule has 742 valence electrons. The molecule has 0 bridgehead atoms. The summed E-state index contributed by atoms with van der Waals surface area (Å²) >= 11 is 0. The van der Waals surface area contributed by atoms with Crippen LogP contribution >= 0.6 is 0 Å². The van der Waals surface area contributed by atoms with Gasteiger partial charge < -0.3 is 135 Å². The molecule has 33 nitrogen and oxygen atoms in total. The molecule has 0 aromatic carbocycles. The molecule has 0 saturated carbocycles. The number of hydrogen-bond acceptors (Lipinski definition) is 27. The van der Waals surface area contributed by atoms with Crippen LogP contribution < -0.4 is 31.9 Å². The van der Waals surface area contributed by atoms with E-state index >= 15 is 0 Å². The molecular formula is C91H186N6O27. The molecule has 10 atom stereocenters. The molecule has 0 aliphatic carbocycles. The maximum absolute atomic E-state index is 12.0. The number of carbonyl (C=O) groups excluding carboxylic acids is 6. The minimum absolute atomic E-state index is 0.0295. The van der Waals surface area contributed by atoms with E-state index in [1.165, 1.54) is 0 Å². The predicted octanol–water partition coefficient (Wildman–Crippen LogP) is 6.41. The van der Waals surface area contributed by atoms with E-state index in [0.717, 1.165) is 19.3 Å². The first-order valence-electron chi connectivity index (χ1n) is 44.8. The van der Waals surface area contributed by atoms with Crippen molar-refractivity contribution in [1.82, 2.24) is 31.9 Å². The van der Waals surface area contributed by atoms with Crippen molar-refractivity contribution in [2.75, 3.05) is 191 Å². The molecule has 0 radical (unpaired) electrons. The Kier molecular flexibility index (Phi) is 73.3. The molecule has 0 spiro atoms. The Morgan fingerprint density at radius 2 is 0.589 bits per heavy atom. The molecule has 124 heavy (non-hydrogen) atoms. The summed E-state index contributed by atoms with van der Waals surface area (Å²) in [5.41, 5.74) is 0.817. The molecule has 1 heterocycles. The number of ether oxygens (including phenoxy) is 10. The van der Waals surface area contributed by atoms with Crippen molar-refractivity contribution in [3.05, 3.63) is 0 Å². The third kappa shape index (κ3) is 70.8. The van der Waals surface area contributed by atoms with Crippen LogP contribution in [0, 0.1) is 66.5 Å². The Morgan fingerprint density at radius 3 is 0.871 bits per heavy atom. The predicted molar refractivity (Wildman–Crippen MR) is 484 cm³/mol. The van der Waals surface area contributed by atoms with Gasteiger partial charge in [0.15, 0.2) is 6.29 Å². The first kappa shape index (κ1) is 128. The van der Waals surface area contributed by atoms with E-state index in [4.69, 9.17) is 88.2 Å². The number of carbonyl (C=O) groups is 6. The number of aliphatic hydroxyl groups is 11. The zero-order valence-electron chi connectivity index (χ0n) is 82.3. The number of nitrogens with one attached hydrogen (secondary N) is 6. The molecule has 17 N–H and O–H groups in total. The second-order valence-electron chi connectivity index (χ2n) is 40.0. The van der Waals surface area contributed by atoms with Gasteiger partial charge in [-0.25, -0.2) is 0 Å². The van der Waals surface area contributed by atoms with Gasteiger partial charge in [0, 0.05) is 71.2 Å². The van der Waals surface area contributed by atoms with E-state index < -0.39 is 49.5 Å². The highest BCUT2D eigenvalue weighted by Gasteiger charge is 2.45. The largest absolute Gasteiger partial charge is 0.394 e. The van der Waals surface area contributed by atoms with Crippen molar-refractivity contribution < 1.29 is 132 Å². The Bertz CT molecular complexity index is 2640. The number of rotatable bonds is 57. The van der Waals surface area contributed by atoms with Gasteiger partial charge in [0.1, 0.15) is 24.4 Å². The van der Waals surface area contributed by atoms with Gasteiger partial charge >= 0.3 is 0 Å². The third-order valence-corrected chi connectivity index (χ3v) is 23.5. The van der Waals surface area contributed by atoms with Crippen molar-refractivity contribution in [2.24, 2.45) is 66.5 Å². The van der Waals surface area contributed by atoms with Crippen LogP contribution in [0.25, 0.3) is 0 Å². The lowest BCUT2D eigenvalue weighted by molar-refractivity contribution is -0.253. The highest BCUT2D eigenvalue weighted by Crippen LogP contribution is 2.43. The lowest BCUT2D eigenvalue weighted by atomic mass is 9.67. The summed E-state index contributed by atoms with van der Waals surface area (Å²) in [5.74, 6) is 1.07. The first-order valence-corrected chi connectivity index (χ1v) is 44.8. The first-order chi connectivity index (χ1) is 57.2. The van der Waals surface area contributed by atoms with Gasteiger partial charge in [-0.2, -0.15) is 0 Å². The average molecular weight is 1800 g/mol. The maximum Gasteiger partial charge on any atom is 0.220 e. The van der Waals surface area contributed by atoms with Crippen molar-refractivity contribution in [3.8, 4) is 0 Å².